The normalized spacial score (nSPS) is 16.4. The first-order chi connectivity index (χ1) is 9.79. The number of aliphatic hydroxyl groups excluding tert-OH is 1. The highest BCUT2D eigenvalue weighted by molar-refractivity contribution is 6.22. The van der Waals surface area contributed by atoms with Crippen LogP contribution in [0.3, 0.4) is 0 Å². The Kier molecular flexibility index (Phi) is 4.02. The molecule has 112 valence electrons. The van der Waals surface area contributed by atoms with Gasteiger partial charge in [0.1, 0.15) is 5.76 Å². The molecule has 0 spiro atoms. The smallest absolute Gasteiger partial charge is 0.416 e. The molecule has 21 heavy (non-hydrogen) atoms. The Morgan fingerprint density at radius 3 is 2.71 bits per heavy atom. The van der Waals surface area contributed by atoms with Crippen molar-refractivity contribution in [2.75, 3.05) is 6.54 Å². The summed E-state index contributed by atoms with van der Waals surface area (Å²) in [6.07, 6.45) is -4.40. The van der Waals surface area contributed by atoms with E-state index in [9.17, 15) is 23.1 Å². The molecular formula is C14H13F3N2O2. The van der Waals surface area contributed by atoms with Gasteiger partial charge in [0.25, 0.3) is 5.91 Å². The topological polar surface area (TPSA) is 61.7 Å². The van der Waals surface area contributed by atoms with Crippen LogP contribution in [-0.2, 0) is 17.5 Å². The largest absolute Gasteiger partial charge is 0.510 e. The van der Waals surface area contributed by atoms with Gasteiger partial charge in [0.2, 0.25) is 0 Å². The van der Waals surface area contributed by atoms with Crippen LogP contribution in [0, 0.1) is 0 Å². The van der Waals surface area contributed by atoms with Crippen molar-refractivity contribution in [3.05, 3.63) is 46.7 Å². The van der Waals surface area contributed by atoms with Crippen LogP contribution >= 0.6 is 0 Å². The number of amides is 1. The first-order valence-corrected chi connectivity index (χ1v) is 6.17. The number of hydrogen-bond donors (Lipinski definition) is 2. The Morgan fingerprint density at radius 2 is 2.14 bits per heavy atom. The summed E-state index contributed by atoms with van der Waals surface area (Å²) in [6.45, 7) is 1.58. The Hall–Kier alpha value is -2.31. The van der Waals surface area contributed by atoms with E-state index in [1.165, 1.54) is 19.1 Å². The van der Waals surface area contributed by atoms with E-state index in [0.717, 1.165) is 12.1 Å². The summed E-state index contributed by atoms with van der Waals surface area (Å²) in [6, 6.07) is 4.83. The molecule has 0 saturated carbocycles. The summed E-state index contributed by atoms with van der Waals surface area (Å²) in [5.41, 5.74) is 0.0121. The van der Waals surface area contributed by atoms with Crippen molar-refractivity contribution >= 4 is 11.6 Å². The highest BCUT2D eigenvalue weighted by Gasteiger charge is 2.30. The molecule has 1 aromatic carbocycles. The molecule has 1 aromatic rings. The van der Waals surface area contributed by atoms with E-state index in [1.807, 2.05) is 0 Å². The average molecular weight is 298 g/mol. The zero-order valence-corrected chi connectivity index (χ0v) is 11.2. The van der Waals surface area contributed by atoms with E-state index in [1.54, 1.807) is 0 Å². The summed E-state index contributed by atoms with van der Waals surface area (Å²) in [5, 5.41) is 12.0. The molecule has 7 heteroatoms. The molecule has 1 aliphatic rings. The SMILES string of the molecule is CC(=NCc1cccc(C(F)(F)F)c1)C1=C(O)CNC1=O. The number of carbonyl (C=O) groups is 1. The first kappa shape index (κ1) is 15.1. The Balaban J connectivity index is 2.18. The van der Waals surface area contributed by atoms with Crippen molar-refractivity contribution in [3.63, 3.8) is 0 Å². The molecular weight excluding hydrogens is 285 g/mol. The predicted molar refractivity (Wildman–Crippen MR) is 70.9 cm³/mol. The number of aliphatic imine (C=N–C) groups is 1. The van der Waals surface area contributed by atoms with E-state index in [0.29, 0.717) is 11.3 Å². The number of aliphatic hydroxyl groups is 1. The van der Waals surface area contributed by atoms with Crippen LogP contribution in [0.25, 0.3) is 0 Å². The van der Waals surface area contributed by atoms with Crippen LogP contribution in [0.2, 0.25) is 0 Å². The van der Waals surface area contributed by atoms with Crippen LogP contribution in [0.5, 0.6) is 0 Å². The van der Waals surface area contributed by atoms with Crippen molar-refractivity contribution in [3.8, 4) is 0 Å². The molecule has 2 N–H and O–H groups in total. The molecule has 0 fully saturated rings. The van der Waals surface area contributed by atoms with Crippen LogP contribution in [-0.4, -0.2) is 23.3 Å². The fourth-order valence-corrected chi connectivity index (χ4v) is 1.98. The summed E-state index contributed by atoms with van der Waals surface area (Å²) in [7, 11) is 0. The van der Waals surface area contributed by atoms with Crippen LogP contribution in [0.1, 0.15) is 18.1 Å². The molecule has 0 aromatic heterocycles. The lowest BCUT2D eigenvalue weighted by atomic mass is 10.1. The van der Waals surface area contributed by atoms with Gasteiger partial charge < -0.3 is 10.4 Å². The van der Waals surface area contributed by atoms with Gasteiger partial charge in [-0.15, -0.1) is 0 Å². The summed E-state index contributed by atoms with van der Waals surface area (Å²) in [5.74, 6) is -0.539. The zero-order chi connectivity index (χ0) is 15.6. The van der Waals surface area contributed by atoms with Crippen molar-refractivity contribution in [1.82, 2.24) is 5.32 Å². The molecule has 2 rings (SSSR count). The molecule has 0 saturated heterocycles. The molecule has 1 aliphatic heterocycles. The lowest BCUT2D eigenvalue weighted by Gasteiger charge is -2.08. The van der Waals surface area contributed by atoms with Gasteiger partial charge in [-0.3, -0.25) is 9.79 Å². The van der Waals surface area contributed by atoms with Crippen LogP contribution < -0.4 is 5.32 Å². The van der Waals surface area contributed by atoms with Gasteiger partial charge in [-0.1, -0.05) is 12.1 Å². The molecule has 0 unspecified atom stereocenters. The maximum absolute atomic E-state index is 12.6. The third kappa shape index (κ3) is 3.42. The lowest BCUT2D eigenvalue weighted by Crippen LogP contribution is -2.20. The van der Waals surface area contributed by atoms with Crippen molar-refractivity contribution in [2.45, 2.75) is 19.6 Å². The van der Waals surface area contributed by atoms with Crippen molar-refractivity contribution < 1.29 is 23.1 Å². The molecule has 1 heterocycles. The Labute approximate surface area is 119 Å². The summed E-state index contributed by atoms with van der Waals surface area (Å²) >= 11 is 0. The number of halogens is 3. The predicted octanol–water partition coefficient (Wildman–Crippen LogP) is 2.61. The quantitative estimate of drug-likeness (QED) is 0.843. The van der Waals surface area contributed by atoms with Crippen LogP contribution in [0.4, 0.5) is 13.2 Å². The lowest BCUT2D eigenvalue weighted by molar-refractivity contribution is -0.137. The molecule has 0 radical (unpaired) electrons. The molecule has 0 aliphatic carbocycles. The average Bonchev–Trinajstić information content (AvgIpc) is 2.75. The Bertz CT molecular complexity index is 633. The highest BCUT2D eigenvalue weighted by Crippen LogP contribution is 2.29. The fraction of sp³-hybridized carbons (Fsp3) is 0.286. The third-order valence-electron chi connectivity index (χ3n) is 3.05. The number of alkyl halides is 3. The van der Waals surface area contributed by atoms with Crippen molar-refractivity contribution in [1.29, 1.82) is 0 Å². The Morgan fingerprint density at radius 1 is 1.43 bits per heavy atom. The van der Waals surface area contributed by atoms with Crippen molar-refractivity contribution in [2.24, 2.45) is 4.99 Å². The maximum Gasteiger partial charge on any atom is 0.416 e. The monoisotopic (exact) mass is 298 g/mol. The summed E-state index contributed by atoms with van der Waals surface area (Å²) < 4.78 is 37.8. The van der Waals surface area contributed by atoms with E-state index in [2.05, 4.69) is 10.3 Å². The van der Waals surface area contributed by atoms with E-state index < -0.39 is 17.6 Å². The second-order valence-corrected chi connectivity index (χ2v) is 4.60. The zero-order valence-electron chi connectivity index (χ0n) is 11.2. The number of carbonyl (C=O) groups excluding carboxylic acids is 1. The van der Waals surface area contributed by atoms with Gasteiger partial charge in [0.05, 0.1) is 24.2 Å². The first-order valence-electron chi connectivity index (χ1n) is 6.17. The maximum atomic E-state index is 12.6. The van der Waals surface area contributed by atoms with E-state index in [4.69, 9.17) is 0 Å². The minimum Gasteiger partial charge on any atom is -0.510 e. The fourth-order valence-electron chi connectivity index (χ4n) is 1.98. The molecule has 0 bridgehead atoms. The second kappa shape index (κ2) is 5.59. The standard InChI is InChI=1S/C14H13F3N2O2/c1-8(12-11(20)7-19-13(12)21)18-6-9-3-2-4-10(5-9)14(15,16)17/h2-5,20H,6-7H2,1H3,(H,19,21). The van der Waals surface area contributed by atoms with Gasteiger partial charge >= 0.3 is 6.18 Å². The van der Waals surface area contributed by atoms with E-state index in [-0.39, 0.29) is 24.4 Å². The third-order valence-corrected chi connectivity index (χ3v) is 3.05. The second-order valence-electron chi connectivity index (χ2n) is 4.60. The number of nitrogens with one attached hydrogen (secondary N) is 1. The minimum absolute atomic E-state index is 0.000185. The van der Waals surface area contributed by atoms with Gasteiger partial charge in [-0.2, -0.15) is 13.2 Å². The van der Waals surface area contributed by atoms with Crippen LogP contribution in [0.15, 0.2) is 40.6 Å². The van der Waals surface area contributed by atoms with Gasteiger partial charge in [0.15, 0.2) is 0 Å². The summed E-state index contributed by atoms with van der Waals surface area (Å²) in [4.78, 5) is 15.5. The molecule has 4 nitrogen and oxygen atoms in total. The molecule has 1 amide bonds. The molecule has 0 atom stereocenters. The highest BCUT2D eigenvalue weighted by atomic mass is 19.4. The number of benzene rings is 1. The number of nitrogens with zero attached hydrogens (tertiary/aromatic N) is 1. The van der Waals surface area contributed by atoms with Gasteiger partial charge in [-0.25, -0.2) is 0 Å². The minimum atomic E-state index is -4.40. The number of rotatable bonds is 3. The van der Waals surface area contributed by atoms with Gasteiger partial charge in [-0.05, 0) is 24.6 Å². The van der Waals surface area contributed by atoms with Gasteiger partial charge in [0, 0.05) is 5.71 Å². The van der Waals surface area contributed by atoms with E-state index >= 15 is 0 Å². The number of hydrogen-bond acceptors (Lipinski definition) is 3.